The number of benzene rings is 1. The number of alkyl halides is 3. The monoisotopic (exact) mass is 244 g/mol. The summed E-state index contributed by atoms with van der Waals surface area (Å²) in [5.74, 6) is 0.374. The Morgan fingerprint density at radius 1 is 1.24 bits per heavy atom. The predicted molar refractivity (Wildman–Crippen MR) is 59.2 cm³/mol. The van der Waals surface area contributed by atoms with Crippen LogP contribution in [-0.2, 0) is 6.18 Å². The van der Waals surface area contributed by atoms with Crippen molar-refractivity contribution in [1.29, 1.82) is 0 Å². The van der Waals surface area contributed by atoms with Crippen molar-refractivity contribution in [3.8, 4) is 5.75 Å². The number of hydrogen-bond acceptors (Lipinski definition) is 1. The third-order valence-electron chi connectivity index (χ3n) is 2.78. The zero-order valence-electron chi connectivity index (χ0n) is 9.84. The number of rotatable bonds is 3. The summed E-state index contributed by atoms with van der Waals surface area (Å²) in [6.45, 7) is 3.51. The van der Waals surface area contributed by atoms with E-state index in [2.05, 4.69) is 0 Å². The second kappa shape index (κ2) is 4.24. The lowest BCUT2D eigenvalue weighted by Crippen LogP contribution is -2.10. The van der Waals surface area contributed by atoms with Crippen LogP contribution < -0.4 is 4.74 Å². The molecule has 1 saturated carbocycles. The normalized spacial score (nSPS) is 16.4. The van der Waals surface area contributed by atoms with Crippen molar-refractivity contribution in [2.45, 2.75) is 44.9 Å². The predicted octanol–water partition coefficient (Wildman–Crippen LogP) is 4.37. The summed E-state index contributed by atoms with van der Waals surface area (Å²) in [4.78, 5) is 0. The van der Waals surface area contributed by atoms with Crippen molar-refractivity contribution >= 4 is 0 Å². The number of hydrogen-bond donors (Lipinski definition) is 0. The second-order valence-electron chi connectivity index (χ2n) is 4.72. The van der Waals surface area contributed by atoms with Crippen LogP contribution in [0.15, 0.2) is 18.2 Å². The SMILES string of the molecule is CC(C)c1cc(OC2CC2)ccc1C(F)(F)F. The molecule has 2 rings (SSSR count). The van der Waals surface area contributed by atoms with Crippen molar-refractivity contribution in [1.82, 2.24) is 0 Å². The van der Waals surface area contributed by atoms with Crippen molar-refractivity contribution in [3.63, 3.8) is 0 Å². The first-order valence-electron chi connectivity index (χ1n) is 5.75. The van der Waals surface area contributed by atoms with Crippen LogP contribution in [0.1, 0.15) is 43.7 Å². The van der Waals surface area contributed by atoms with E-state index in [1.807, 2.05) is 0 Å². The molecule has 0 heterocycles. The molecule has 0 radical (unpaired) electrons. The van der Waals surface area contributed by atoms with E-state index in [0.29, 0.717) is 11.3 Å². The van der Waals surface area contributed by atoms with Crippen LogP contribution in [0.3, 0.4) is 0 Å². The van der Waals surface area contributed by atoms with Crippen LogP contribution in [0.4, 0.5) is 13.2 Å². The van der Waals surface area contributed by atoms with Crippen molar-refractivity contribution < 1.29 is 17.9 Å². The fourth-order valence-corrected chi connectivity index (χ4v) is 1.73. The first kappa shape index (κ1) is 12.3. The van der Waals surface area contributed by atoms with Gasteiger partial charge in [-0.2, -0.15) is 13.2 Å². The minimum absolute atomic E-state index is 0.172. The van der Waals surface area contributed by atoms with Crippen molar-refractivity contribution in [2.75, 3.05) is 0 Å². The van der Waals surface area contributed by atoms with Crippen LogP contribution in [0.5, 0.6) is 5.75 Å². The topological polar surface area (TPSA) is 9.23 Å². The maximum Gasteiger partial charge on any atom is 0.416 e. The molecule has 0 bridgehead atoms. The molecule has 1 aliphatic rings. The molecule has 0 spiro atoms. The minimum atomic E-state index is -4.29. The van der Waals surface area contributed by atoms with Gasteiger partial charge in [0, 0.05) is 0 Å². The molecule has 1 aliphatic carbocycles. The molecule has 0 amide bonds. The van der Waals surface area contributed by atoms with Crippen LogP contribution in [0, 0.1) is 0 Å². The van der Waals surface area contributed by atoms with Gasteiger partial charge in [0.1, 0.15) is 5.75 Å². The summed E-state index contributed by atoms with van der Waals surface area (Å²) in [7, 11) is 0. The molecule has 0 N–H and O–H groups in total. The number of ether oxygens (including phenoxy) is 1. The van der Waals surface area contributed by atoms with Gasteiger partial charge in [-0.05, 0) is 42.5 Å². The van der Waals surface area contributed by atoms with E-state index in [1.54, 1.807) is 13.8 Å². The third-order valence-corrected chi connectivity index (χ3v) is 2.78. The molecule has 1 aromatic carbocycles. The summed E-state index contributed by atoms with van der Waals surface area (Å²) in [6, 6.07) is 4.05. The summed E-state index contributed by atoms with van der Waals surface area (Å²) >= 11 is 0. The average Bonchev–Trinajstić information content (AvgIpc) is 2.99. The van der Waals surface area contributed by atoms with E-state index in [4.69, 9.17) is 4.74 Å². The van der Waals surface area contributed by atoms with E-state index in [1.165, 1.54) is 12.1 Å². The molecular formula is C13H15F3O. The number of halogens is 3. The standard InChI is InChI=1S/C13H15F3O/c1-8(2)11-7-10(17-9-3-4-9)5-6-12(11)13(14,15)16/h5-9H,3-4H2,1-2H3. The van der Waals surface area contributed by atoms with Gasteiger partial charge in [0.05, 0.1) is 11.7 Å². The van der Waals surface area contributed by atoms with Crippen molar-refractivity contribution in [2.24, 2.45) is 0 Å². The highest BCUT2D eigenvalue weighted by Crippen LogP contribution is 2.38. The first-order valence-corrected chi connectivity index (χ1v) is 5.75. The first-order chi connectivity index (χ1) is 7.88. The van der Waals surface area contributed by atoms with Crippen LogP contribution >= 0.6 is 0 Å². The molecule has 1 aromatic rings. The molecule has 1 fully saturated rings. The van der Waals surface area contributed by atoms with E-state index in [9.17, 15) is 13.2 Å². The highest BCUT2D eigenvalue weighted by atomic mass is 19.4. The second-order valence-corrected chi connectivity index (χ2v) is 4.72. The van der Waals surface area contributed by atoms with Gasteiger partial charge < -0.3 is 4.74 Å². The quantitative estimate of drug-likeness (QED) is 0.767. The summed E-state index contributed by atoms with van der Waals surface area (Å²) in [5, 5.41) is 0. The van der Waals surface area contributed by atoms with Crippen LogP contribution in [0.25, 0.3) is 0 Å². The molecule has 0 unspecified atom stereocenters. The molecule has 94 valence electrons. The molecule has 0 aliphatic heterocycles. The van der Waals surface area contributed by atoms with Gasteiger partial charge in [-0.1, -0.05) is 13.8 Å². The highest BCUT2D eigenvalue weighted by Gasteiger charge is 2.34. The lowest BCUT2D eigenvalue weighted by molar-refractivity contribution is -0.138. The van der Waals surface area contributed by atoms with Crippen LogP contribution in [-0.4, -0.2) is 6.10 Å². The Balaban J connectivity index is 2.33. The molecule has 17 heavy (non-hydrogen) atoms. The lowest BCUT2D eigenvalue weighted by Gasteiger charge is -2.17. The van der Waals surface area contributed by atoms with Gasteiger partial charge >= 0.3 is 6.18 Å². The largest absolute Gasteiger partial charge is 0.490 e. The van der Waals surface area contributed by atoms with Gasteiger partial charge in [-0.15, -0.1) is 0 Å². The van der Waals surface area contributed by atoms with Gasteiger partial charge in [-0.25, -0.2) is 0 Å². The fourth-order valence-electron chi connectivity index (χ4n) is 1.73. The van der Waals surface area contributed by atoms with E-state index in [-0.39, 0.29) is 12.0 Å². The maximum absolute atomic E-state index is 12.8. The highest BCUT2D eigenvalue weighted by molar-refractivity contribution is 5.39. The Bertz CT molecular complexity index is 406. The Hall–Kier alpha value is -1.19. The Kier molecular flexibility index (Phi) is 3.06. The Labute approximate surface area is 98.6 Å². The lowest BCUT2D eigenvalue weighted by atomic mass is 9.96. The van der Waals surface area contributed by atoms with Gasteiger partial charge in [0.25, 0.3) is 0 Å². The van der Waals surface area contributed by atoms with Crippen molar-refractivity contribution in [3.05, 3.63) is 29.3 Å². The van der Waals surface area contributed by atoms with Gasteiger partial charge in [0.2, 0.25) is 0 Å². The molecule has 4 heteroatoms. The third kappa shape index (κ3) is 2.93. The van der Waals surface area contributed by atoms with E-state index >= 15 is 0 Å². The smallest absolute Gasteiger partial charge is 0.416 e. The fraction of sp³-hybridized carbons (Fsp3) is 0.538. The maximum atomic E-state index is 12.8. The van der Waals surface area contributed by atoms with Gasteiger partial charge in [0.15, 0.2) is 0 Å². The summed E-state index contributed by atoms with van der Waals surface area (Å²) < 4.78 is 43.8. The molecular weight excluding hydrogens is 229 g/mol. The summed E-state index contributed by atoms with van der Waals surface area (Å²) in [6.07, 6.45) is -2.10. The average molecular weight is 244 g/mol. The Morgan fingerprint density at radius 2 is 1.88 bits per heavy atom. The zero-order chi connectivity index (χ0) is 12.6. The molecule has 0 atom stereocenters. The van der Waals surface area contributed by atoms with Crippen LogP contribution in [0.2, 0.25) is 0 Å². The molecule has 1 nitrogen and oxygen atoms in total. The van der Waals surface area contributed by atoms with E-state index < -0.39 is 11.7 Å². The minimum Gasteiger partial charge on any atom is -0.490 e. The zero-order valence-corrected chi connectivity index (χ0v) is 9.84. The van der Waals surface area contributed by atoms with Gasteiger partial charge in [-0.3, -0.25) is 0 Å². The summed E-state index contributed by atoms with van der Waals surface area (Å²) in [5.41, 5.74) is -0.258. The Morgan fingerprint density at radius 3 is 2.35 bits per heavy atom. The molecule has 0 saturated heterocycles. The van der Waals surface area contributed by atoms with E-state index in [0.717, 1.165) is 18.9 Å². The molecule has 0 aromatic heterocycles.